The number of aliphatic imine (C=N–C) groups is 1. The number of carbonyl (C=O) groups is 1. The third kappa shape index (κ3) is 8.19. The fourth-order valence-corrected chi connectivity index (χ4v) is 2.89. The standard InChI is InChI=1S/C16H30N4O2.HI/c1-2-18-16(19-7-9-22-12-13-5-6-13)20-8-3-4-14(11-20)10-15(17)21;/h13-14H,2-12H2,1H3,(H2,17,21)(H,18,19);1H. The average Bonchev–Trinajstić information content (AvgIpc) is 3.29. The van der Waals surface area contributed by atoms with Crippen molar-refractivity contribution in [1.82, 2.24) is 10.2 Å². The molecule has 3 N–H and O–H groups in total. The van der Waals surface area contributed by atoms with Crippen LogP contribution in [0, 0.1) is 11.8 Å². The molecule has 7 heteroatoms. The van der Waals surface area contributed by atoms with E-state index in [-0.39, 0.29) is 29.9 Å². The van der Waals surface area contributed by atoms with Crippen LogP contribution in [0.25, 0.3) is 0 Å². The number of likely N-dealkylation sites (tertiary alicyclic amines) is 1. The van der Waals surface area contributed by atoms with Crippen LogP contribution in [0.5, 0.6) is 0 Å². The topological polar surface area (TPSA) is 80.0 Å². The lowest BCUT2D eigenvalue weighted by atomic mass is 9.95. The van der Waals surface area contributed by atoms with Gasteiger partial charge in [-0.3, -0.25) is 9.79 Å². The minimum absolute atomic E-state index is 0. The summed E-state index contributed by atoms with van der Waals surface area (Å²) >= 11 is 0. The second-order valence-corrected chi connectivity index (χ2v) is 6.38. The van der Waals surface area contributed by atoms with Crippen molar-refractivity contribution < 1.29 is 9.53 Å². The second-order valence-electron chi connectivity index (χ2n) is 6.38. The van der Waals surface area contributed by atoms with Crippen molar-refractivity contribution in [3.8, 4) is 0 Å². The van der Waals surface area contributed by atoms with E-state index in [4.69, 9.17) is 10.5 Å². The number of piperidine rings is 1. The van der Waals surface area contributed by atoms with Crippen LogP contribution in [-0.4, -0.2) is 56.2 Å². The molecule has 0 bridgehead atoms. The number of nitrogens with zero attached hydrogens (tertiary/aromatic N) is 2. The van der Waals surface area contributed by atoms with E-state index in [0.717, 1.165) is 51.0 Å². The number of hydrogen-bond donors (Lipinski definition) is 2. The Morgan fingerprint density at radius 3 is 2.78 bits per heavy atom. The minimum Gasteiger partial charge on any atom is -0.379 e. The molecule has 1 unspecified atom stereocenters. The smallest absolute Gasteiger partial charge is 0.217 e. The van der Waals surface area contributed by atoms with Gasteiger partial charge in [-0.1, -0.05) is 0 Å². The van der Waals surface area contributed by atoms with E-state index in [9.17, 15) is 4.79 Å². The van der Waals surface area contributed by atoms with Crippen molar-refractivity contribution in [3.63, 3.8) is 0 Å². The maximum absolute atomic E-state index is 11.1. The third-order valence-electron chi connectivity index (χ3n) is 4.19. The van der Waals surface area contributed by atoms with Gasteiger partial charge in [0.2, 0.25) is 5.91 Å². The zero-order valence-corrected chi connectivity index (χ0v) is 16.5. The van der Waals surface area contributed by atoms with Crippen LogP contribution in [0.1, 0.15) is 39.0 Å². The Labute approximate surface area is 156 Å². The summed E-state index contributed by atoms with van der Waals surface area (Å²) in [6.07, 6.45) is 5.27. The van der Waals surface area contributed by atoms with Gasteiger partial charge in [-0.15, -0.1) is 24.0 Å². The quantitative estimate of drug-likeness (QED) is 0.261. The predicted octanol–water partition coefficient (Wildman–Crippen LogP) is 1.58. The Bertz CT molecular complexity index is 388. The number of halogens is 1. The summed E-state index contributed by atoms with van der Waals surface area (Å²) in [7, 11) is 0. The van der Waals surface area contributed by atoms with Crippen molar-refractivity contribution in [3.05, 3.63) is 0 Å². The van der Waals surface area contributed by atoms with E-state index >= 15 is 0 Å². The SMILES string of the molecule is CCNC(=NCCOCC1CC1)N1CCCC(CC(N)=O)C1.I. The number of primary amides is 1. The van der Waals surface area contributed by atoms with E-state index in [1.54, 1.807) is 0 Å². The highest BCUT2D eigenvalue weighted by molar-refractivity contribution is 14.0. The number of rotatable bonds is 8. The first-order valence-electron chi connectivity index (χ1n) is 8.58. The van der Waals surface area contributed by atoms with Gasteiger partial charge in [0.05, 0.1) is 13.2 Å². The highest BCUT2D eigenvalue weighted by atomic mass is 127. The van der Waals surface area contributed by atoms with Crippen LogP contribution in [0.3, 0.4) is 0 Å². The summed E-state index contributed by atoms with van der Waals surface area (Å²) in [4.78, 5) is 18.0. The number of nitrogens with one attached hydrogen (secondary N) is 1. The summed E-state index contributed by atoms with van der Waals surface area (Å²) < 4.78 is 5.63. The van der Waals surface area contributed by atoms with Crippen LogP contribution >= 0.6 is 24.0 Å². The maximum atomic E-state index is 11.1. The molecule has 1 aliphatic heterocycles. The fraction of sp³-hybridized carbons (Fsp3) is 0.875. The van der Waals surface area contributed by atoms with Crippen LogP contribution in [0.4, 0.5) is 0 Å². The van der Waals surface area contributed by atoms with Gasteiger partial charge in [0.1, 0.15) is 0 Å². The van der Waals surface area contributed by atoms with Gasteiger partial charge in [0.15, 0.2) is 5.96 Å². The van der Waals surface area contributed by atoms with Gasteiger partial charge in [0.25, 0.3) is 0 Å². The summed E-state index contributed by atoms with van der Waals surface area (Å²) in [6.45, 7) is 7.02. The molecule has 0 spiro atoms. The predicted molar refractivity (Wildman–Crippen MR) is 103 cm³/mol. The number of amides is 1. The normalized spacial score (nSPS) is 21.7. The molecule has 1 saturated heterocycles. The van der Waals surface area contributed by atoms with Gasteiger partial charge in [-0.05, 0) is 44.4 Å². The highest BCUT2D eigenvalue weighted by Gasteiger charge is 2.23. The van der Waals surface area contributed by atoms with Crippen molar-refractivity contribution in [2.75, 3.05) is 39.4 Å². The summed E-state index contributed by atoms with van der Waals surface area (Å²) in [5.74, 6) is 1.88. The lowest BCUT2D eigenvalue weighted by Gasteiger charge is -2.34. The van der Waals surface area contributed by atoms with Crippen LogP contribution in [0.15, 0.2) is 4.99 Å². The molecule has 1 atom stereocenters. The fourth-order valence-electron chi connectivity index (χ4n) is 2.89. The van der Waals surface area contributed by atoms with Crippen molar-refractivity contribution in [2.24, 2.45) is 22.6 Å². The Morgan fingerprint density at radius 1 is 1.35 bits per heavy atom. The molecular formula is C16H31IN4O2. The number of guanidine groups is 1. The molecule has 1 aliphatic carbocycles. The van der Waals surface area contributed by atoms with Crippen LogP contribution in [0.2, 0.25) is 0 Å². The van der Waals surface area contributed by atoms with Gasteiger partial charge in [-0.25, -0.2) is 0 Å². The first-order chi connectivity index (χ1) is 10.7. The molecular weight excluding hydrogens is 407 g/mol. The van der Waals surface area contributed by atoms with E-state index in [2.05, 4.69) is 22.1 Å². The first-order valence-corrected chi connectivity index (χ1v) is 8.58. The molecule has 1 amide bonds. The molecule has 1 heterocycles. The largest absolute Gasteiger partial charge is 0.379 e. The molecule has 23 heavy (non-hydrogen) atoms. The summed E-state index contributed by atoms with van der Waals surface area (Å²) in [5.41, 5.74) is 5.33. The van der Waals surface area contributed by atoms with E-state index in [1.165, 1.54) is 12.8 Å². The molecule has 0 radical (unpaired) electrons. The molecule has 0 aromatic heterocycles. The van der Waals surface area contributed by atoms with Crippen LogP contribution in [-0.2, 0) is 9.53 Å². The highest BCUT2D eigenvalue weighted by Crippen LogP contribution is 2.28. The molecule has 2 rings (SSSR count). The van der Waals surface area contributed by atoms with Gasteiger partial charge in [0, 0.05) is 32.7 Å². The average molecular weight is 438 g/mol. The zero-order valence-electron chi connectivity index (χ0n) is 14.1. The van der Waals surface area contributed by atoms with Crippen LogP contribution < -0.4 is 11.1 Å². The zero-order chi connectivity index (χ0) is 15.8. The molecule has 2 aliphatic rings. The van der Waals surface area contributed by atoms with E-state index in [1.807, 2.05) is 0 Å². The molecule has 2 fully saturated rings. The molecule has 134 valence electrons. The molecule has 0 aromatic carbocycles. The number of ether oxygens (including phenoxy) is 1. The van der Waals surface area contributed by atoms with Gasteiger partial charge < -0.3 is 20.7 Å². The Kier molecular flexibility index (Phi) is 9.85. The van der Waals surface area contributed by atoms with Gasteiger partial charge in [-0.2, -0.15) is 0 Å². The summed E-state index contributed by atoms with van der Waals surface area (Å²) in [6, 6.07) is 0. The van der Waals surface area contributed by atoms with E-state index < -0.39 is 0 Å². The van der Waals surface area contributed by atoms with Crippen molar-refractivity contribution in [1.29, 1.82) is 0 Å². The number of carbonyl (C=O) groups excluding carboxylic acids is 1. The monoisotopic (exact) mass is 438 g/mol. The first kappa shape index (κ1) is 20.5. The Morgan fingerprint density at radius 2 is 2.13 bits per heavy atom. The summed E-state index contributed by atoms with van der Waals surface area (Å²) in [5, 5.41) is 3.34. The second kappa shape index (κ2) is 11.1. The van der Waals surface area contributed by atoms with Crippen molar-refractivity contribution in [2.45, 2.75) is 39.0 Å². The number of nitrogens with two attached hydrogens (primary N) is 1. The van der Waals surface area contributed by atoms with Crippen molar-refractivity contribution >= 4 is 35.8 Å². The minimum atomic E-state index is -0.206. The molecule has 6 nitrogen and oxygen atoms in total. The Balaban J connectivity index is 0.00000264. The maximum Gasteiger partial charge on any atom is 0.217 e. The van der Waals surface area contributed by atoms with E-state index in [0.29, 0.717) is 25.5 Å². The Hall–Kier alpha value is -0.570. The lowest BCUT2D eigenvalue weighted by Crippen LogP contribution is -2.47. The molecule has 0 aromatic rings. The van der Waals surface area contributed by atoms with Gasteiger partial charge >= 0.3 is 0 Å². The lowest BCUT2D eigenvalue weighted by molar-refractivity contribution is -0.119. The third-order valence-corrected chi connectivity index (χ3v) is 4.19. The molecule has 1 saturated carbocycles. The number of hydrogen-bond acceptors (Lipinski definition) is 3.